The van der Waals surface area contributed by atoms with Crippen molar-refractivity contribution in [2.24, 2.45) is 5.73 Å². The Hall–Kier alpha value is -2.33. The van der Waals surface area contributed by atoms with Crippen molar-refractivity contribution in [2.75, 3.05) is 0 Å². The van der Waals surface area contributed by atoms with Gasteiger partial charge in [0.15, 0.2) is 5.82 Å². The van der Waals surface area contributed by atoms with E-state index in [2.05, 4.69) is 9.97 Å². The highest BCUT2D eigenvalue weighted by Crippen LogP contribution is 2.27. The van der Waals surface area contributed by atoms with Gasteiger partial charge in [-0.2, -0.15) is 0 Å². The minimum atomic E-state index is -0.238. The van der Waals surface area contributed by atoms with Crippen LogP contribution in [-0.2, 0) is 6.54 Å². The number of hydrogen-bond acceptors (Lipinski definition) is 3. The highest BCUT2D eigenvalue weighted by molar-refractivity contribution is 5.95. The number of nitrogens with zero attached hydrogens (tertiary/aromatic N) is 2. The Bertz CT molecular complexity index is 723. The first kappa shape index (κ1) is 11.7. The summed E-state index contributed by atoms with van der Waals surface area (Å²) in [5, 5.41) is 1.38. The van der Waals surface area contributed by atoms with Gasteiger partial charge in [0.2, 0.25) is 0 Å². The lowest BCUT2D eigenvalue weighted by Gasteiger charge is -2.06. The van der Waals surface area contributed by atoms with Crippen LogP contribution in [0.3, 0.4) is 0 Å². The highest BCUT2D eigenvalue weighted by atomic mass is 19.1. The molecule has 0 radical (unpaired) electrons. The maximum atomic E-state index is 13.7. The van der Waals surface area contributed by atoms with Gasteiger partial charge in [0.05, 0.1) is 0 Å². The molecular weight excluding hydrogens is 241 g/mol. The lowest BCUT2D eigenvalue weighted by molar-refractivity contribution is 0.640. The molecule has 0 saturated carbocycles. The summed E-state index contributed by atoms with van der Waals surface area (Å²) in [5.41, 5.74) is 7.21. The van der Waals surface area contributed by atoms with E-state index in [0.29, 0.717) is 17.8 Å². The third-order valence-electron chi connectivity index (χ3n) is 3.05. The lowest BCUT2D eigenvalue weighted by atomic mass is 10.0. The summed E-state index contributed by atoms with van der Waals surface area (Å²) in [6.45, 7) is 0.407. The molecule has 0 saturated heterocycles. The van der Waals surface area contributed by atoms with Crippen LogP contribution >= 0.6 is 0 Å². The molecule has 0 atom stereocenters. The Morgan fingerprint density at radius 3 is 2.32 bits per heavy atom. The molecule has 1 aromatic heterocycles. The molecule has 3 rings (SSSR count). The maximum absolute atomic E-state index is 13.7. The minimum absolute atomic E-state index is 0.238. The largest absolute Gasteiger partial charge is 0.326 e. The smallest absolute Gasteiger partial charge is 0.159 e. The van der Waals surface area contributed by atoms with Crippen molar-refractivity contribution in [1.82, 2.24) is 9.97 Å². The van der Waals surface area contributed by atoms with E-state index in [9.17, 15) is 4.39 Å². The predicted octanol–water partition coefficient (Wildman–Crippen LogP) is 2.89. The van der Waals surface area contributed by atoms with E-state index >= 15 is 0 Å². The number of halogens is 1. The summed E-state index contributed by atoms with van der Waals surface area (Å²) < 4.78 is 13.7. The Balaban J connectivity index is 2.21. The zero-order chi connectivity index (χ0) is 13.2. The van der Waals surface area contributed by atoms with Crippen LogP contribution in [0.5, 0.6) is 0 Å². The van der Waals surface area contributed by atoms with Crippen LogP contribution in [-0.4, -0.2) is 9.97 Å². The fraction of sp³-hybridized carbons (Fsp3) is 0.0667. The van der Waals surface area contributed by atoms with Gasteiger partial charge in [0.25, 0.3) is 0 Å². The number of aromatic nitrogens is 2. The van der Waals surface area contributed by atoms with Crippen LogP contribution in [0, 0.1) is 5.82 Å². The minimum Gasteiger partial charge on any atom is -0.326 e. The number of hydrogen-bond donors (Lipinski definition) is 1. The molecule has 0 bridgehead atoms. The standard InChI is InChI=1S/C15H12FN3/c16-14-6-5-13(11-3-1-2-4-12(11)14)15-18-8-10(7-17)9-19-15/h1-6,8-9H,7,17H2. The summed E-state index contributed by atoms with van der Waals surface area (Å²) >= 11 is 0. The van der Waals surface area contributed by atoms with Crippen molar-refractivity contribution >= 4 is 10.8 Å². The van der Waals surface area contributed by atoms with E-state index in [-0.39, 0.29) is 5.82 Å². The van der Waals surface area contributed by atoms with Gasteiger partial charge in [-0.25, -0.2) is 14.4 Å². The van der Waals surface area contributed by atoms with Crippen molar-refractivity contribution in [2.45, 2.75) is 6.54 Å². The topological polar surface area (TPSA) is 51.8 Å². The zero-order valence-corrected chi connectivity index (χ0v) is 10.2. The summed E-state index contributed by atoms with van der Waals surface area (Å²) in [6.07, 6.45) is 3.39. The average Bonchev–Trinajstić information content (AvgIpc) is 2.48. The SMILES string of the molecule is NCc1cnc(-c2ccc(F)c3ccccc23)nc1. The Morgan fingerprint density at radius 2 is 1.63 bits per heavy atom. The molecule has 94 valence electrons. The van der Waals surface area contributed by atoms with Crippen molar-refractivity contribution in [3.8, 4) is 11.4 Å². The molecule has 19 heavy (non-hydrogen) atoms. The quantitative estimate of drug-likeness (QED) is 0.764. The molecule has 0 fully saturated rings. The molecule has 0 aliphatic carbocycles. The summed E-state index contributed by atoms with van der Waals surface area (Å²) in [4.78, 5) is 8.57. The van der Waals surface area contributed by atoms with Crippen LogP contribution in [0.2, 0.25) is 0 Å². The normalized spacial score (nSPS) is 10.8. The van der Waals surface area contributed by atoms with Gasteiger partial charge in [-0.3, -0.25) is 0 Å². The molecule has 0 spiro atoms. The Morgan fingerprint density at radius 1 is 0.947 bits per heavy atom. The van der Waals surface area contributed by atoms with Gasteiger partial charge in [-0.1, -0.05) is 24.3 Å². The first-order valence-electron chi connectivity index (χ1n) is 5.98. The van der Waals surface area contributed by atoms with Crippen molar-refractivity contribution in [1.29, 1.82) is 0 Å². The van der Waals surface area contributed by atoms with Crippen molar-refractivity contribution in [3.63, 3.8) is 0 Å². The van der Waals surface area contributed by atoms with Gasteiger partial charge in [-0.05, 0) is 17.5 Å². The van der Waals surface area contributed by atoms with Gasteiger partial charge in [0, 0.05) is 35.5 Å². The number of rotatable bonds is 2. The van der Waals surface area contributed by atoms with Gasteiger partial charge in [-0.15, -0.1) is 0 Å². The van der Waals surface area contributed by atoms with Gasteiger partial charge >= 0.3 is 0 Å². The van der Waals surface area contributed by atoms with Gasteiger partial charge < -0.3 is 5.73 Å². The van der Waals surface area contributed by atoms with E-state index in [0.717, 1.165) is 16.5 Å². The van der Waals surface area contributed by atoms with Crippen LogP contribution in [0.1, 0.15) is 5.56 Å². The molecule has 2 N–H and O–H groups in total. The van der Waals surface area contributed by atoms with E-state index in [1.165, 1.54) is 6.07 Å². The molecule has 1 heterocycles. The lowest BCUT2D eigenvalue weighted by Crippen LogP contribution is -1.99. The number of nitrogens with two attached hydrogens (primary N) is 1. The van der Waals surface area contributed by atoms with Crippen LogP contribution in [0.15, 0.2) is 48.8 Å². The molecule has 0 amide bonds. The Labute approximate surface area is 109 Å². The van der Waals surface area contributed by atoms with E-state index in [1.54, 1.807) is 24.5 Å². The van der Waals surface area contributed by atoms with E-state index in [1.807, 2.05) is 18.2 Å². The molecule has 0 unspecified atom stereocenters. The second kappa shape index (κ2) is 4.74. The first-order valence-corrected chi connectivity index (χ1v) is 5.98. The zero-order valence-electron chi connectivity index (χ0n) is 10.2. The predicted molar refractivity (Wildman–Crippen MR) is 72.8 cm³/mol. The van der Waals surface area contributed by atoms with Crippen molar-refractivity contribution < 1.29 is 4.39 Å². The van der Waals surface area contributed by atoms with Crippen LogP contribution in [0.4, 0.5) is 4.39 Å². The first-order chi connectivity index (χ1) is 9.29. The molecule has 0 aliphatic rings. The fourth-order valence-electron chi connectivity index (χ4n) is 2.06. The maximum Gasteiger partial charge on any atom is 0.159 e. The fourth-order valence-corrected chi connectivity index (χ4v) is 2.06. The molecular formula is C15H12FN3. The monoisotopic (exact) mass is 253 g/mol. The number of fused-ring (bicyclic) bond motifs is 1. The molecule has 2 aromatic carbocycles. The third kappa shape index (κ3) is 2.06. The summed E-state index contributed by atoms with van der Waals surface area (Å²) in [5.74, 6) is 0.339. The molecule has 3 nitrogen and oxygen atoms in total. The van der Waals surface area contributed by atoms with E-state index in [4.69, 9.17) is 5.73 Å². The molecule has 3 aromatic rings. The van der Waals surface area contributed by atoms with Gasteiger partial charge in [0.1, 0.15) is 5.82 Å². The van der Waals surface area contributed by atoms with Crippen LogP contribution < -0.4 is 5.73 Å². The second-order valence-corrected chi connectivity index (χ2v) is 4.26. The Kier molecular flexibility index (Phi) is 2.93. The van der Waals surface area contributed by atoms with Crippen LogP contribution in [0.25, 0.3) is 22.2 Å². The highest BCUT2D eigenvalue weighted by Gasteiger charge is 2.09. The molecule has 4 heteroatoms. The third-order valence-corrected chi connectivity index (χ3v) is 3.05. The van der Waals surface area contributed by atoms with Crippen molar-refractivity contribution in [3.05, 3.63) is 60.2 Å². The second-order valence-electron chi connectivity index (χ2n) is 4.26. The summed E-state index contributed by atoms with van der Waals surface area (Å²) in [7, 11) is 0. The number of benzene rings is 2. The molecule has 0 aliphatic heterocycles. The van der Waals surface area contributed by atoms with E-state index < -0.39 is 0 Å². The summed E-state index contributed by atoms with van der Waals surface area (Å²) in [6, 6.07) is 10.5. The average molecular weight is 253 g/mol.